The Labute approximate surface area is 114 Å². The zero-order valence-corrected chi connectivity index (χ0v) is 10.9. The second kappa shape index (κ2) is 5.60. The smallest absolute Gasteiger partial charge is 0.397 e. The number of alkyl halides is 3. The standard InChI is InChI=1S/C13H14F3NO3/c1-19-10-2-3-11-9(6-10)8-17(4-5-20-11)12(18)7-13(14,15)16/h2-3,6H,4-5,7-8H2,1H3. The number of carbonyl (C=O) groups excluding carboxylic acids is 1. The number of halogens is 3. The Balaban J connectivity index is 2.16. The van der Waals surface area contributed by atoms with Gasteiger partial charge in [0.15, 0.2) is 0 Å². The molecule has 0 bridgehead atoms. The lowest BCUT2D eigenvalue weighted by atomic mass is 10.1. The van der Waals surface area contributed by atoms with E-state index in [0.717, 1.165) is 4.90 Å². The number of amides is 1. The molecular weight excluding hydrogens is 275 g/mol. The molecule has 0 fully saturated rings. The molecule has 0 N–H and O–H groups in total. The van der Waals surface area contributed by atoms with Gasteiger partial charge in [0.05, 0.1) is 13.7 Å². The molecule has 4 nitrogen and oxygen atoms in total. The quantitative estimate of drug-likeness (QED) is 0.839. The number of benzene rings is 1. The van der Waals surface area contributed by atoms with Gasteiger partial charge in [0.25, 0.3) is 0 Å². The fraction of sp³-hybridized carbons (Fsp3) is 0.462. The maximum atomic E-state index is 12.3. The summed E-state index contributed by atoms with van der Waals surface area (Å²) in [5, 5.41) is 0. The highest BCUT2D eigenvalue weighted by Gasteiger charge is 2.34. The zero-order valence-electron chi connectivity index (χ0n) is 10.9. The molecule has 0 saturated heterocycles. The fourth-order valence-corrected chi connectivity index (χ4v) is 1.99. The van der Waals surface area contributed by atoms with Crippen LogP contribution in [0.3, 0.4) is 0 Å². The minimum atomic E-state index is -4.50. The SMILES string of the molecule is COc1ccc2c(c1)CN(C(=O)CC(F)(F)F)CCO2. The molecule has 0 aliphatic carbocycles. The molecule has 1 amide bonds. The van der Waals surface area contributed by atoms with Crippen molar-refractivity contribution >= 4 is 5.91 Å². The Morgan fingerprint density at radius 1 is 1.45 bits per heavy atom. The first kappa shape index (κ1) is 14.5. The molecule has 1 aromatic carbocycles. The summed E-state index contributed by atoms with van der Waals surface area (Å²) >= 11 is 0. The van der Waals surface area contributed by atoms with Crippen LogP contribution >= 0.6 is 0 Å². The van der Waals surface area contributed by atoms with E-state index >= 15 is 0 Å². The lowest BCUT2D eigenvalue weighted by Crippen LogP contribution is -2.35. The molecule has 7 heteroatoms. The van der Waals surface area contributed by atoms with Crippen molar-refractivity contribution in [2.45, 2.75) is 19.1 Å². The third-order valence-corrected chi connectivity index (χ3v) is 2.95. The van der Waals surface area contributed by atoms with Crippen LogP contribution < -0.4 is 9.47 Å². The normalized spacial score (nSPS) is 15.1. The summed E-state index contributed by atoms with van der Waals surface area (Å²) in [7, 11) is 1.49. The molecule has 0 spiro atoms. The number of carbonyl (C=O) groups is 1. The van der Waals surface area contributed by atoms with Crippen LogP contribution in [0.2, 0.25) is 0 Å². The van der Waals surface area contributed by atoms with Crippen LogP contribution in [0.5, 0.6) is 11.5 Å². The summed E-state index contributed by atoms with van der Waals surface area (Å²) in [4.78, 5) is 12.8. The minimum Gasteiger partial charge on any atom is -0.497 e. The topological polar surface area (TPSA) is 38.8 Å². The monoisotopic (exact) mass is 289 g/mol. The van der Waals surface area contributed by atoms with Crippen molar-refractivity contribution in [2.75, 3.05) is 20.3 Å². The summed E-state index contributed by atoms with van der Waals surface area (Å²) < 4.78 is 47.3. The Hall–Kier alpha value is -1.92. The van der Waals surface area contributed by atoms with Crippen LogP contribution in [0.15, 0.2) is 18.2 Å². The highest BCUT2D eigenvalue weighted by Crippen LogP contribution is 2.28. The molecule has 110 valence electrons. The largest absolute Gasteiger partial charge is 0.497 e. The van der Waals surface area contributed by atoms with Gasteiger partial charge in [0.2, 0.25) is 5.91 Å². The number of rotatable bonds is 2. The molecule has 1 aromatic rings. The van der Waals surface area contributed by atoms with Gasteiger partial charge in [-0.2, -0.15) is 13.2 Å². The van der Waals surface area contributed by atoms with Gasteiger partial charge in [0, 0.05) is 12.1 Å². The maximum Gasteiger partial charge on any atom is 0.397 e. The number of hydrogen-bond donors (Lipinski definition) is 0. The van der Waals surface area contributed by atoms with Crippen molar-refractivity contribution < 1.29 is 27.4 Å². The molecule has 0 unspecified atom stereocenters. The van der Waals surface area contributed by atoms with Gasteiger partial charge in [-0.3, -0.25) is 4.79 Å². The van der Waals surface area contributed by atoms with E-state index in [2.05, 4.69) is 0 Å². The van der Waals surface area contributed by atoms with Crippen molar-refractivity contribution in [3.05, 3.63) is 23.8 Å². The average Bonchev–Trinajstić information content (AvgIpc) is 2.57. The summed E-state index contributed by atoms with van der Waals surface area (Å²) in [5.74, 6) is 0.183. The number of methoxy groups -OCH3 is 1. The summed E-state index contributed by atoms with van der Waals surface area (Å²) in [6, 6.07) is 5.05. The molecule has 0 aromatic heterocycles. The van der Waals surface area contributed by atoms with E-state index < -0.39 is 18.5 Å². The summed E-state index contributed by atoms with van der Waals surface area (Å²) in [5.41, 5.74) is 0.636. The summed E-state index contributed by atoms with van der Waals surface area (Å²) in [6.45, 7) is 0.385. The van der Waals surface area contributed by atoms with E-state index in [-0.39, 0.29) is 19.7 Å². The number of fused-ring (bicyclic) bond motifs is 1. The zero-order chi connectivity index (χ0) is 14.8. The minimum absolute atomic E-state index is 0.0848. The Bertz CT molecular complexity index is 502. The van der Waals surface area contributed by atoms with Crippen molar-refractivity contribution in [1.29, 1.82) is 0 Å². The van der Waals surface area contributed by atoms with E-state index in [1.807, 2.05) is 0 Å². The molecule has 0 radical (unpaired) electrons. The maximum absolute atomic E-state index is 12.3. The van der Waals surface area contributed by atoms with Crippen LogP contribution in [0, 0.1) is 0 Å². The van der Waals surface area contributed by atoms with Crippen LogP contribution in [-0.2, 0) is 11.3 Å². The van der Waals surface area contributed by atoms with E-state index in [0.29, 0.717) is 17.1 Å². The van der Waals surface area contributed by atoms with Crippen molar-refractivity contribution in [1.82, 2.24) is 4.90 Å². The molecular formula is C13H14F3NO3. The number of hydrogen-bond acceptors (Lipinski definition) is 3. The molecule has 1 aliphatic heterocycles. The molecule has 0 saturated carbocycles. The van der Waals surface area contributed by atoms with Gasteiger partial charge >= 0.3 is 6.18 Å². The molecule has 1 heterocycles. The molecule has 20 heavy (non-hydrogen) atoms. The molecule has 2 rings (SSSR count). The van der Waals surface area contributed by atoms with Crippen LogP contribution in [-0.4, -0.2) is 37.2 Å². The second-order valence-electron chi connectivity index (χ2n) is 4.43. The van der Waals surface area contributed by atoms with Crippen LogP contribution in [0.1, 0.15) is 12.0 Å². The molecule has 1 aliphatic rings. The predicted octanol–water partition coefficient (Wildman–Crippen LogP) is 2.37. The molecule has 0 atom stereocenters. The van der Waals surface area contributed by atoms with E-state index in [4.69, 9.17) is 9.47 Å². The van der Waals surface area contributed by atoms with Crippen LogP contribution in [0.25, 0.3) is 0 Å². The average molecular weight is 289 g/mol. The first-order chi connectivity index (χ1) is 9.39. The Kier molecular flexibility index (Phi) is 4.06. The highest BCUT2D eigenvalue weighted by molar-refractivity contribution is 5.77. The number of nitrogens with zero attached hydrogens (tertiary/aromatic N) is 1. The van der Waals surface area contributed by atoms with Gasteiger partial charge in [-0.15, -0.1) is 0 Å². The van der Waals surface area contributed by atoms with Crippen molar-refractivity contribution in [3.63, 3.8) is 0 Å². The van der Waals surface area contributed by atoms with Crippen molar-refractivity contribution in [2.24, 2.45) is 0 Å². The van der Waals surface area contributed by atoms with E-state index in [1.165, 1.54) is 7.11 Å². The van der Waals surface area contributed by atoms with Crippen LogP contribution in [0.4, 0.5) is 13.2 Å². The predicted molar refractivity (Wildman–Crippen MR) is 64.6 cm³/mol. The Morgan fingerprint density at radius 2 is 2.20 bits per heavy atom. The lowest BCUT2D eigenvalue weighted by Gasteiger charge is -2.20. The first-order valence-electron chi connectivity index (χ1n) is 6.03. The van der Waals surface area contributed by atoms with E-state index in [1.54, 1.807) is 18.2 Å². The van der Waals surface area contributed by atoms with Gasteiger partial charge in [-0.25, -0.2) is 0 Å². The van der Waals surface area contributed by atoms with Gasteiger partial charge in [0.1, 0.15) is 24.5 Å². The summed E-state index contributed by atoms with van der Waals surface area (Å²) in [6.07, 6.45) is -5.95. The third-order valence-electron chi connectivity index (χ3n) is 2.95. The van der Waals surface area contributed by atoms with E-state index in [9.17, 15) is 18.0 Å². The van der Waals surface area contributed by atoms with Crippen molar-refractivity contribution in [3.8, 4) is 11.5 Å². The van der Waals surface area contributed by atoms with Gasteiger partial charge in [-0.1, -0.05) is 0 Å². The second-order valence-corrected chi connectivity index (χ2v) is 4.43. The lowest BCUT2D eigenvalue weighted by molar-refractivity contribution is -0.161. The third kappa shape index (κ3) is 3.55. The first-order valence-corrected chi connectivity index (χ1v) is 6.03. The highest BCUT2D eigenvalue weighted by atomic mass is 19.4. The fourth-order valence-electron chi connectivity index (χ4n) is 1.99. The number of ether oxygens (including phenoxy) is 2. The van der Waals surface area contributed by atoms with Gasteiger partial charge in [-0.05, 0) is 18.2 Å². The van der Waals surface area contributed by atoms with Gasteiger partial charge < -0.3 is 14.4 Å². The Morgan fingerprint density at radius 3 is 2.85 bits per heavy atom.